The van der Waals surface area contributed by atoms with Crippen LogP contribution in [0.5, 0.6) is 0 Å². The van der Waals surface area contributed by atoms with Crippen LogP contribution in [0.3, 0.4) is 0 Å². The van der Waals surface area contributed by atoms with E-state index in [0.29, 0.717) is 12.1 Å². The van der Waals surface area contributed by atoms with Crippen molar-refractivity contribution in [3.63, 3.8) is 0 Å². The van der Waals surface area contributed by atoms with Crippen molar-refractivity contribution in [2.45, 2.75) is 12.5 Å². The summed E-state index contributed by atoms with van der Waals surface area (Å²) in [5.41, 5.74) is -2.76. The Labute approximate surface area is 105 Å². The minimum atomic E-state index is -2.23. The minimum Gasteiger partial charge on any atom is -0.479 e. The number of nitrogens with one attached hydrogen (secondary N) is 1. The summed E-state index contributed by atoms with van der Waals surface area (Å²) in [5, 5.41) is 19.9. The summed E-state index contributed by atoms with van der Waals surface area (Å²) in [5.74, 6) is -7.43. The van der Waals surface area contributed by atoms with Crippen molar-refractivity contribution in [2.75, 3.05) is 6.54 Å². The molecule has 1 amide bonds. The normalized spacial score (nSPS) is 13.7. The molecule has 0 saturated heterocycles. The zero-order chi connectivity index (χ0) is 14.8. The second kappa shape index (κ2) is 5.27. The maximum absolute atomic E-state index is 12.9. The van der Waals surface area contributed by atoms with Gasteiger partial charge in [0.25, 0.3) is 5.91 Å². The van der Waals surface area contributed by atoms with Crippen molar-refractivity contribution in [2.24, 2.45) is 0 Å². The van der Waals surface area contributed by atoms with Crippen molar-refractivity contribution in [1.82, 2.24) is 5.32 Å². The van der Waals surface area contributed by atoms with E-state index in [2.05, 4.69) is 0 Å². The summed E-state index contributed by atoms with van der Waals surface area (Å²) in [7, 11) is 0. The molecule has 0 heterocycles. The van der Waals surface area contributed by atoms with Gasteiger partial charge in [-0.25, -0.2) is 18.0 Å². The number of benzene rings is 1. The number of carbonyl (C=O) groups excluding carboxylic acids is 1. The molecule has 1 unspecified atom stereocenters. The van der Waals surface area contributed by atoms with Gasteiger partial charge in [-0.3, -0.25) is 4.79 Å². The number of carbonyl (C=O) groups is 2. The lowest BCUT2D eigenvalue weighted by atomic mass is 10.1. The fourth-order valence-corrected chi connectivity index (χ4v) is 1.12. The predicted octanol–water partition coefficient (Wildman–Crippen LogP) is 0.669. The Kier molecular flexibility index (Phi) is 4.15. The number of amides is 1. The van der Waals surface area contributed by atoms with Gasteiger partial charge >= 0.3 is 5.97 Å². The fourth-order valence-electron chi connectivity index (χ4n) is 1.12. The molecular weight excluding hydrogens is 267 g/mol. The van der Waals surface area contributed by atoms with Crippen LogP contribution in [-0.4, -0.2) is 34.2 Å². The molecule has 0 spiro atoms. The molecule has 1 rings (SSSR count). The Balaban J connectivity index is 2.83. The van der Waals surface area contributed by atoms with E-state index in [-0.39, 0.29) is 0 Å². The highest BCUT2D eigenvalue weighted by molar-refractivity contribution is 5.94. The molecule has 5 nitrogen and oxygen atoms in total. The largest absolute Gasteiger partial charge is 0.479 e. The van der Waals surface area contributed by atoms with Crippen molar-refractivity contribution in [3.05, 3.63) is 35.1 Å². The van der Waals surface area contributed by atoms with Crippen LogP contribution in [0.2, 0.25) is 0 Å². The van der Waals surface area contributed by atoms with Crippen molar-refractivity contribution in [1.29, 1.82) is 0 Å². The Hall–Kier alpha value is -2.09. The van der Waals surface area contributed by atoms with Gasteiger partial charge in [0.2, 0.25) is 0 Å². The zero-order valence-corrected chi connectivity index (χ0v) is 9.71. The molecule has 104 valence electrons. The van der Waals surface area contributed by atoms with Crippen LogP contribution in [-0.2, 0) is 4.79 Å². The van der Waals surface area contributed by atoms with Crippen LogP contribution in [0.25, 0.3) is 0 Å². The molecule has 0 fully saturated rings. The molecule has 0 aromatic heterocycles. The van der Waals surface area contributed by atoms with Crippen molar-refractivity contribution in [3.8, 4) is 0 Å². The first-order valence-corrected chi connectivity index (χ1v) is 5.03. The quantitative estimate of drug-likeness (QED) is 0.706. The maximum atomic E-state index is 12.9. The van der Waals surface area contributed by atoms with Crippen LogP contribution >= 0.6 is 0 Å². The summed E-state index contributed by atoms with van der Waals surface area (Å²) >= 11 is 0. The van der Waals surface area contributed by atoms with Crippen LogP contribution in [0.4, 0.5) is 13.2 Å². The van der Waals surface area contributed by atoms with Gasteiger partial charge in [-0.1, -0.05) is 0 Å². The van der Waals surface area contributed by atoms with E-state index in [1.165, 1.54) is 0 Å². The molecule has 0 bridgehead atoms. The topological polar surface area (TPSA) is 86.6 Å². The number of carboxylic acids is 1. The van der Waals surface area contributed by atoms with Crippen LogP contribution in [0, 0.1) is 17.5 Å². The maximum Gasteiger partial charge on any atom is 0.337 e. The highest BCUT2D eigenvalue weighted by Crippen LogP contribution is 2.13. The van der Waals surface area contributed by atoms with Gasteiger partial charge in [0.1, 0.15) is 0 Å². The highest BCUT2D eigenvalue weighted by Gasteiger charge is 2.30. The van der Waals surface area contributed by atoms with Gasteiger partial charge in [0.15, 0.2) is 23.1 Å². The Morgan fingerprint density at radius 3 is 2.16 bits per heavy atom. The third-order valence-electron chi connectivity index (χ3n) is 2.30. The zero-order valence-electron chi connectivity index (χ0n) is 9.71. The number of hydrogen-bond acceptors (Lipinski definition) is 3. The molecule has 1 atom stereocenters. The Morgan fingerprint density at radius 1 is 1.26 bits per heavy atom. The molecule has 0 aliphatic rings. The predicted molar refractivity (Wildman–Crippen MR) is 56.9 cm³/mol. The van der Waals surface area contributed by atoms with Gasteiger partial charge in [-0.2, -0.15) is 0 Å². The summed E-state index contributed by atoms with van der Waals surface area (Å²) in [6.07, 6.45) is 0. The summed E-state index contributed by atoms with van der Waals surface area (Å²) < 4.78 is 38.4. The first-order valence-electron chi connectivity index (χ1n) is 5.03. The Bertz CT molecular complexity index is 508. The standard InChI is InChI=1S/C11H10F3NO4/c1-11(19,10(17)18)4-15-9(16)5-2-6(12)8(14)7(13)3-5/h2-3,19H,4H2,1H3,(H,15,16)(H,17,18). The molecule has 19 heavy (non-hydrogen) atoms. The third-order valence-corrected chi connectivity index (χ3v) is 2.30. The van der Waals surface area contributed by atoms with E-state index in [0.717, 1.165) is 6.92 Å². The molecule has 1 aromatic rings. The van der Waals surface area contributed by atoms with E-state index in [1.807, 2.05) is 5.32 Å². The van der Waals surface area contributed by atoms with E-state index < -0.39 is 47.0 Å². The average Bonchev–Trinajstić information content (AvgIpc) is 2.32. The molecule has 0 saturated carbocycles. The van der Waals surface area contributed by atoms with Gasteiger partial charge in [0.05, 0.1) is 6.54 Å². The number of aliphatic hydroxyl groups is 1. The minimum absolute atomic E-state index is 0.462. The lowest BCUT2D eigenvalue weighted by molar-refractivity contribution is -0.155. The highest BCUT2D eigenvalue weighted by atomic mass is 19.2. The van der Waals surface area contributed by atoms with Crippen LogP contribution in [0.1, 0.15) is 17.3 Å². The fraction of sp³-hybridized carbons (Fsp3) is 0.273. The lowest BCUT2D eigenvalue weighted by Gasteiger charge is -2.18. The number of halogens is 3. The molecule has 8 heteroatoms. The van der Waals surface area contributed by atoms with E-state index in [9.17, 15) is 27.9 Å². The van der Waals surface area contributed by atoms with E-state index >= 15 is 0 Å². The average molecular weight is 277 g/mol. The first kappa shape index (κ1) is 15.0. The monoisotopic (exact) mass is 277 g/mol. The van der Waals surface area contributed by atoms with Gasteiger partial charge < -0.3 is 15.5 Å². The smallest absolute Gasteiger partial charge is 0.337 e. The number of hydrogen-bond donors (Lipinski definition) is 3. The lowest BCUT2D eigenvalue weighted by Crippen LogP contribution is -2.46. The van der Waals surface area contributed by atoms with Crippen LogP contribution in [0.15, 0.2) is 12.1 Å². The number of rotatable bonds is 4. The third kappa shape index (κ3) is 3.44. The van der Waals surface area contributed by atoms with Crippen molar-refractivity contribution >= 4 is 11.9 Å². The van der Waals surface area contributed by atoms with Crippen LogP contribution < -0.4 is 5.32 Å². The van der Waals surface area contributed by atoms with Gasteiger partial charge in [0, 0.05) is 5.56 Å². The summed E-state index contributed by atoms with van der Waals surface area (Å²) in [4.78, 5) is 22.0. The van der Waals surface area contributed by atoms with E-state index in [4.69, 9.17) is 5.11 Å². The molecule has 0 radical (unpaired) electrons. The molecular formula is C11H10F3NO4. The second-order valence-corrected chi connectivity index (χ2v) is 4.02. The second-order valence-electron chi connectivity index (χ2n) is 4.02. The van der Waals surface area contributed by atoms with Gasteiger partial charge in [-0.05, 0) is 19.1 Å². The summed E-state index contributed by atoms with van der Waals surface area (Å²) in [6, 6.07) is 0.923. The first-order chi connectivity index (χ1) is 8.65. The van der Waals surface area contributed by atoms with Gasteiger partial charge in [-0.15, -0.1) is 0 Å². The van der Waals surface area contributed by atoms with E-state index in [1.54, 1.807) is 0 Å². The molecule has 0 aliphatic heterocycles. The number of aliphatic carboxylic acids is 1. The summed E-state index contributed by atoms with van der Waals surface area (Å²) in [6.45, 7) is 0.253. The molecule has 1 aromatic carbocycles. The van der Waals surface area contributed by atoms with Crippen molar-refractivity contribution < 1.29 is 33.0 Å². The Morgan fingerprint density at radius 2 is 1.74 bits per heavy atom. The SMILES string of the molecule is CC(O)(CNC(=O)c1cc(F)c(F)c(F)c1)C(=O)O. The molecule has 3 N–H and O–H groups in total. The number of carboxylic acid groups (broad SMARTS) is 1. The molecule has 0 aliphatic carbocycles.